The number of carbonyl (C=O) groups is 1. The number of benzene rings is 2. The number of hydrogen-bond acceptors (Lipinski definition) is 6. The summed E-state index contributed by atoms with van der Waals surface area (Å²) in [6, 6.07) is 15.4. The minimum atomic E-state index is 0.437. The molecular formula is C22H28N4O3. The predicted molar refractivity (Wildman–Crippen MR) is 114 cm³/mol. The second kappa shape index (κ2) is 10.1. The molecule has 1 amide bonds. The molecule has 2 aromatic rings. The van der Waals surface area contributed by atoms with E-state index in [1.165, 1.54) is 0 Å². The van der Waals surface area contributed by atoms with E-state index in [1.807, 2.05) is 55.5 Å². The summed E-state index contributed by atoms with van der Waals surface area (Å²) < 4.78 is 10.9. The predicted octanol–water partition coefficient (Wildman–Crippen LogP) is 2.18. The van der Waals surface area contributed by atoms with Crippen LogP contribution in [-0.4, -0.2) is 44.4 Å². The Labute approximate surface area is 171 Å². The van der Waals surface area contributed by atoms with E-state index < -0.39 is 0 Å². The minimum Gasteiger partial charge on any atom is -0.396 e. The van der Waals surface area contributed by atoms with Gasteiger partial charge in [0.05, 0.1) is 50.0 Å². The Morgan fingerprint density at radius 2 is 1.72 bits per heavy atom. The molecule has 0 radical (unpaired) electrons. The van der Waals surface area contributed by atoms with Crippen molar-refractivity contribution in [2.45, 2.75) is 13.5 Å². The van der Waals surface area contributed by atoms with E-state index in [-0.39, 0.29) is 0 Å². The zero-order chi connectivity index (χ0) is 20.6. The van der Waals surface area contributed by atoms with Gasteiger partial charge in [-0.3, -0.25) is 4.79 Å². The number of para-hydroxylation sites is 1. The highest BCUT2D eigenvalue weighted by Crippen LogP contribution is 2.35. The SMILES string of the molecule is CCOCCOCCN(N)/C1=C(\N)c2ccccc2N(C=O)Cc2ccccc21. The van der Waals surface area contributed by atoms with Gasteiger partial charge in [-0.1, -0.05) is 42.5 Å². The number of carbonyl (C=O) groups excluding carboxylic acids is 1. The standard InChI is InChI=1S/C22H28N4O3/c1-2-28-13-14-29-12-11-26(24)22-18-8-4-3-7-17(18)15-25(16-27)20-10-6-5-9-19(20)21(22)23/h3-10,16H,2,11-15,23-24H2,1H3/b22-21-. The number of ether oxygens (including phenoxy) is 2. The number of nitrogens with zero attached hydrogens (tertiary/aromatic N) is 2. The van der Waals surface area contributed by atoms with Gasteiger partial charge in [0.2, 0.25) is 6.41 Å². The topological polar surface area (TPSA) is 94.0 Å². The molecule has 0 unspecified atom stereocenters. The molecule has 7 heteroatoms. The van der Waals surface area contributed by atoms with Gasteiger partial charge in [0.15, 0.2) is 0 Å². The van der Waals surface area contributed by atoms with Gasteiger partial charge in [-0.2, -0.15) is 0 Å². The molecule has 0 aromatic heterocycles. The van der Waals surface area contributed by atoms with Gasteiger partial charge in [0, 0.05) is 17.7 Å². The molecule has 0 fully saturated rings. The fourth-order valence-electron chi connectivity index (χ4n) is 3.42. The van der Waals surface area contributed by atoms with E-state index in [2.05, 4.69) is 0 Å². The molecule has 0 saturated heterocycles. The van der Waals surface area contributed by atoms with Crippen molar-refractivity contribution in [3.63, 3.8) is 0 Å². The van der Waals surface area contributed by atoms with Crippen LogP contribution in [0, 0.1) is 0 Å². The fourth-order valence-corrected chi connectivity index (χ4v) is 3.42. The second-order valence-corrected chi connectivity index (χ2v) is 6.67. The molecule has 3 rings (SSSR count). The lowest BCUT2D eigenvalue weighted by Gasteiger charge is -2.31. The van der Waals surface area contributed by atoms with Gasteiger partial charge >= 0.3 is 0 Å². The monoisotopic (exact) mass is 396 g/mol. The highest BCUT2D eigenvalue weighted by atomic mass is 16.5. The maximum absolute atomic E-state index is 11.8. The quantitative estimate of drug-likeness (QED) is 0.292. The number of hydrazine groups is 1. The zero-order valence-corrected chi connectivity index (χ0v) is 16.7. The van der Waals surface area contributed by atoms with E-state index in [1.54, 1.807) is 9.91 Å². The first-order valence-electron chi connectivity index (χ1n) is 9.74. The molecule has 0 bridgehead atoms. The Bertz CT molecular complexity index is 869. The van der Waals surface area contributed by atoms with Crippen LogP contribution < -0.4 is 16.5 Å². The summed E-state index contributed by atoms with van der Waals surface area (Å²) in [4.78, 5) is 13.4. The Hall–Kier alpha value is -2.87. The van der Waals surface area contributed by atoms with Crippen molar-refractivity contribution in [3.05, 3.63) is 65.2 Å². The number of rotatable bonds is 9. The van der Waals surface area contributed by atoms with Crippen LogP contribution in [0.25, 0.3) is 11.4 Å². The number of anilines is 1. The molecule has 0 aliphatic carbocycles. The van der Waals surface area contributed by atoms with Crippen LogP contribution in [0.5, 0.6) is 0 Å². The Morgan fingerprint density at radius 3 is 2.48 bits per heavy atom. The van der Waals surface area contributed by atoms with Crippen LogP contribution in [0.3, 0.4) is 0 Å². The average molecular weight is 396 g/mol. The van der Waals surface area contributed by atoms with Crippen molar-refractivity contribution in [2.75, 3.05) is 37.9 Å². The van der Waals surface area contributed by atoms with Crippen molar-refractivity contribution in [3.8, 4) is 0 Å². The fraction of sp³-hybridized carbons (Fsp3) is 0.318. The number of nitrogens with two attached hydrogens (primary N) is 2. The maximum atomic E-state index is 11.8. The summed E-state index contributed by atoms with van der Waals surface area (Å²) in [5, 5.41) is 1.63. The summed E-state index contributed by atoms with van der Waals surface area (Å²) in [7, 11) is 0. The van der Waals surface area contributed by atoms with Gasteiger partial charge in [-0.25, -0.2) is 5.84 Å². The van der Waals surface area contributed by atoms with E-state index in [0.717, 1.165) is 34.5 Å². The van der Waals surface area contributed by atoms with E-state index in [0.29, 0.717) is 45.2 Å². The number of amides is 1. The molecular weight excluding hydrogens is 368 g/mol. The van der Waals surface area contributed by atoms with Crippen LogP contribution in [0.2, 0.25) is 0 Å². The Balaban J connectivity index is 1.94. The van der Waals surface area contributed by atoms with E-state index >= 15 is 0 Å². The highest BCUT2D eigenvalue weighted by molar-refractivity contribution is 5.96. The molecule has 1 aliphatic rings. The molecule has 0 saturated carbocycles. The second-order valence-electron chi connectivity index (χ2n) is 6.67. The van der Waals surface area contributed by atoms with Gasteiger partial charge in [-0.15, -0.1) is 0 Å². The molecule has 1 aliphatic heterocycles. The summed E-state index contributed by atoms with van der Waals surface area (Å²) in [6.45, 7) is 5.05. The molecule has 2 aromatic carbocycles. The Morgan fingerprint density at radius 1 is 1.03 bits per heavy atom. The zero-order valence-electron chi connectivity index (χ0n) is 16.7. The highest BCUT2D eigenvalue weighted by Gasteiger charge is 2.24. The van der Waals surface area contributed by atoms with Gasteiger partial charge in [0.1, 0.15) is 0 Å². The molecule has 1 heterocycles. The number of hydrogen-bond donors (Lipinski definition) is 2. The maximum Gasteiger partial charge on any atom is 0.214 e. The average Bonchev–Trinajstić information content (AvgIpc) is 2.74. The van der Waals surface area contributed by atoms with Crippen LogP contribution in [0.15, 0.2) is 48.5 Å². The van der Waals surface area contributed by atoms with Crippen LogP contribution in [0.4, 0.5) is 5.69 Å². The third-order valence-electron chi connectivity index (χ3n) is 4.84. The van der Waals surface area contributed by atoms with E-state index in [9.17, 15) is 4.79 Å². The van der Waals surface area contributed by atoms with E-state index in [4.69, 9.17) is 21.1 Å². The summed E-state index contributed by atoms with van der Waals surface area (Å²) in [5.74, 6) is 6.44. The largest absolute Gasteiger partial charge is 0.396 e. The van der Waals surface area contributed by atoms with Crippen molar-refractivity contribution in [1.29, 1.82) is 0 Å². The first-order valence-corrected chi connectivity index (χ1v) is 9.74. The van der Waals surface area contributed by atoms with Crippen molar-refractivity contribution < 1.29 is 14.3 Å². The summed E-state index contributed by atoms with van der Waals surface area (Å²) in [6.07, 6.45) is 0.834. The molecule has 0 atom stereocenters. The Kier molecular flexibility index (Phi) is 7.24. The van der Waals surface area contributed by atoms with Crippen LogP contribution in [-0.2, 0) is 20.8 Å². The third-order valence-corrected chi connectivity index (χ3v) is 4.84. The molecule has 0 spiro atoms. The molecule has 7 nitrogen and oxygen atoms in total. The third kappa shape index (κ3) is 4.76. The summed E-state index contributed by atoms with van der Waals surface area (Å²) in [5.41, 5.74) is 11.3. The summed E-state index contributed by atoms with van der Waals surface area (Å²) >= 11 is 0. The van der Waals surface area contributed by atoms with Crippen molar-refractivity contribution >= 4 is 23.5 Å². The smallest absolute Gasteiger partial charge is 0.214 e. The lowest BCUT2D eigenvalue weighted by atomic mass is 9.96. The van der Waals surface area contributed by atoms with Crippen molar-refractivity contribution in [2.24, 2.45) is 11.6 Å². The van der Waals surface area contributed by atoms with Crippen LogP contribution >= 0.6 is 0 Å². The lowest BCUT2D eigenvalue weighted by molar-refractivity contribution is -0.107. The first kappa shape index (κ1) is 20.9. The lowest BCUT2D eigenvalue weighted by Crippen LogP contribution is -2.36. The molecule has 154 valence electrons. The minimum absolute atomic E-state index is 0.437. The molecule has 4 N–H and O–H groups in total. The van der Waals surface area contributed by atoms with Gasteiger partial charge in [0.25, 0.3) is 0 Å². The van der Waals surface area contributed by atoms with Gasteiger partial charge in [-0.05, 0) is 18.6 Å². The van der Waals surface area contributed by atoms with Gasteiger partial charge < -0.3 is 25.1 Å². The number of fused-ring (bicyclic) bond motifs is 2. The van der Waals surface area contributed by atoms with Crippen LogP contribution in [0.1, 0.15) is 23.6 Å². The first-order chi connectivity index (χ1) is 14.2. The molecule has 29 heavy (non-hydrogen) atoms. The normalized spacial score (nSPS) is 15.9. The van der Waals surface area contributed by atoms with Crippen molar-refractivity contribution in [1.82, 2.24) is 5.01 Å².